The molecule has 2 aromatic rings. The summed E-state index contributed by atoms with van der Waals surface area (Å²) in [6, 6.07) is 5.53. The Morgan fingerprint density at radius 2 is 2.00 bits per heavy atom. The molecule has 3 rings (SSSR count). The number of hydrogen-bond acceptors (Lipinski definition) is 4. The summed E-state index contributed by atoms with van der Waals surface area (Å²) in [7, 11) is 0. The van der Waals surface area contributed by atoms with Crippen molar-refractivity contribution in [2.45, 2.75) is 32.2 Å². The molecule has 1 aromatic carbocycles. The number of carbonyl (C=O) groups is 2. The molecule has 126 valence electrons. The van der Waals surface area contributed by atoms with Crippen molar-refractivity contribution in [3.05, 3.63) is 41.7 Å². The summed E-state index contributed by atoms with van der Waals surface area (Å²) >= 11 is 0. The Kier molecular flexibility index (Phi) is 4.28. The highest BCUT2D eigenvalue weighted by Gasteiger charge is 2.31. The van der Waals surface area contributed by atoms with Gasteiger partial charge in [-0.15, -0.1) is 5.10 Å². The molecule has 0 saturated heterocycles. The SMILES string of the molecule is Cc1nc(C(=O)N[C@H]2CC[C@@H](C(=O)O)C2)nn1-c1ccc(F)cc1. The summed E-state index contributed by atoms with van der Waals surface area (Å²) in [4.78, 5) is 27.4. The van der Waals surface area contributed by atoms with Crippen LogP contribution in [-0.4, -0.2) is 37.8 Å². The highest BCUT2D eigenvalue weighted by molar-refractivity contribution is 5.90. The van der Waals surface area contributed by atoms with E-state index in [1.807, 2.05) is 0 Å². The molecule has 1 saturated carbocycles. The molecule has 0 unspecified atom stereocenters. The number of aromatic nitrogens is 3. The van der Waals surface area contributed by atoms with E-state index < -0.39 is 17.8 Å². The molecule has 1 aromatic heterocycles. The number of carboxylic acids is 1. The molecule has 1 amide bonds. The number of aryl methyl sites for hydroxylation is 1. The molecule has 7 nitrogen and oxygen atoms in total. The number of nitrogens with one attached hydrogen (secondary N) is 1. The van der Waals surface area contributed by atoms with Gasteiger partial charge in [0.05, 0.1) is 11.6 Å². The standard InChI is InChI=1S/C16H17FN4O3/c1-9-18-14(20-21(9)13-6-3-11(17)4-7-13)15(22)19-12-5-2-10(8-12)16(23)24/h3-4,6-7,10,12H,2,5,8H2,1H3,(H,19,22)(H,23,24)/t10-,12+/m1/s1. The van der Waals surface area contributed by atoms with Crippen molar-refractivity contribution < 1.29 is 19.1 Å². The first kappa shape index (κ1) is 16.1. The number of rotatable bonds is 4. The van der Waals surface area contributed by atoms with Crippen molar-refractivity contribution in [1.29, 1.82) is 0 Å². The van der Waals surface area contributed by atoms with Crippen molar-refractivity contribution in [3.63, 3.8) is 0 Å². The Hall–Kier alpha value is -2.77. The Balaban J connectivity index is 1.71. The Bertz CT molecular complexity index is 772. The summed E-state index contributed by atoms with van der Waals surface area (Å²) < 4.78 is 14.5. The minimum Gasteiger partial charge on any atom is -0.481 e. The van der Waals surface area contributed by atoms with E-state index in [1.165, 1.54) is 16.8 Å². The van der Waals surface area contributed by atoms with Gasteiger partial charge < -0.3 is 10.4 Å². The number of aliphatic carboxylic acids is 1. The molecule has 0 radical (unpaired) electrons. The Morgan fingerprint density at radius 3 is 2.62 bits per heavy atom. The molecule has 1 fully saturated rings. The molecule has 1 heterocycles. The number of benzene rings is 1. The van der Waals surface area contributed by atoms with Gasteiger partial charge in [0.15, 0.2) is 0 Å². The molecule has 0 spiro atoms. The van der Waals surface area contributed by atoms with Crippen molar-refractivity contribution in [3.8, 4) is 5.69 Å². The van der Waals surface area contributed by atoms with E-state index >= 15 is 0 Å². The van der Waals surface area contributed by atoms with Gasteiger partial charge in [-0.25, -0.2) is 14.1 Å². The van der Waals surface area contributed by atoms with E-state index in [1.54, 1.807) is 19.1 Å². The fraction of sp³-hybridized carbons (Fsp3) is 0.375. The molecular weight excluding hydrogens is 315 g/mol. The van der Waals surface area contributed by atoms with Gasteiger partial charge in [0.2, 0.25) is 5.82 Å². The lowest BCUT2D eigenvalue weighted by atomic mass is 10.1. The minimum atomic E-state index is -0.832. The van der Waals surface area contributed by atoms with Crippen LogP contribution in [0.3, 0.4) is 0 Å². The van der Waals surface area contributed by atoms with Crippen LogP contribution in [-0.2, 0) is 4.79 Å². The molecule has 2 atom stereocenters. The van der Waals surface area contributed by atoms with Crippen LogP contribution in [0, 0.1) is 18.7 Å². The van der Waals surface area contributed by atoms with Crippen LogP contribution < -0.4 is 5.32 Å². The molecule has 1 aliphatic carbocycles. The highest BCUT2D eigenvalue weighted by atomic mass is 19.1. The van der Waals surface area contributed by atoms with Crippen LogP contribution in [0.2, 0.25) is 0 Å². The van der Waals surface area contributed by atoms with Crippen LogP contribution in [0.4, 0.5) is 4.39 Å². The topological polar surface area (TPSA) is 97.1 Å². The second kappa shape index (κ2) is 6.38. The fourth-order valence-corrected chi connectivity index (χ4v) is 2.90. The minimum absolute atomic E-state index is 0.00981. The summed E-state index contributed by atoms with van der Waals surface area (Å²) in [6.45, 7) is 1.70. The zero-order valence-corrected chi connectivity index (χ0v) is 13.1. The van der Waals surface area contributed by atoms with Crippen molar-refractivity contribution in [1.82, 2.24) is 20.1 Å². The van der Waals surface area contributed by atoms with Crippen LogP contribution in [0.25, 0.3) is 5.69 Å². The van der Waals surface area contributed by atoms with Gasteiger partial charge in [0, 0.05) is 6.04 Å². The monoisotopic (exact) mass is 332 g/mol. The fourth-order valence-electron chi connectivity index (χ4n) is 2.90. The molecule has 1 aliphatic rings. The quantitative estimate of drug-likeness (QED) is 0.888. The summed E-state index contributed by atoms with van der Waals surface area (Å²) in [5, 5.41) is 15.9. The van der Waals surface area contributed by atoms with Crippen LogP contribution in [0.15, 0.2) is 24.3 Å². The van der Waals surface area contributed by atoms with E-state index in [4.69, 9.17) is 5.11 Å². The second-order valence-corrected chi connectivity index (χ2v) is 5.89. The van der Waals surface area contributed by atoms with Gasteiger partial charge in [-0.1, -0.05) is 0 Å². The molecule has 2 N–H and O–H groups in total. The van der Waals surface area contributed by atoms with Crippen LogP contribution in [0.1, 0.15) is 35.7 Å². The largest absolute Gasteiger partial charge is 0.481 e. The van der Waals surface area contributed by atoms with Gasteiger partial charge in [-0.2, -0.15) is 0 Å². The van der Waals surface area contributed by atoms with E-state index in [0.717, 1.165) is 0 Å². The Morgan fingerprint density at radius 1 is 1.29 bits per heavy atom. The summed E-state index contributed by atoms with van der Waals surface area (Å²) in [6.07, 6.45) is 1.59. The predicted octanol–water partition coefficient (Wildman–Crippen LogP) is 1.70. The van der Waals surface area contributed by atoms with Gasteiger partial charge in [-0.05, 0) is 50.5 Å². The second-order valence-electron chi connectivity index (χ2n) is 5.89. The number of halogens is 1. The van der Waals surface area contributed by atoms with Crippen LogP contribution in [0.5, 0.6) is 0 Å². The summed E-state index contributed by atoms with van der Waals surface area (Å²) in [5.41, 5.74) is 0.604. The average Bonchev–Trinajstić information content (AvgIpc) is 3.15. The zero-order chi connectivity index (χ0) is 17.3. The van der Waals surface area contributed by atoms with Gasteiger partial charge in [-0.3, -0.25) is 9.59 Å². The first-order valence-corrected chi connectivity index (χ1v) is 7.67. The van der Waals surface area contributed by atoms with Crippen molar-refractivity contribution in [2.24, 2.45) is 5.92 Å². The van der Waals surface area contributed by atoms with E-state index in [9.17, 15) is 14.0 Å². The predicted molar refractivity (Wildman–Crippen MR) is 82.3 cm³/mol. The van der Waals surface area contributed by atoms with Crippen molar-refractivity contribution in [2.75, 3.05) is 0 Å². The zero-order valence-electron chi connectivity index (χ0n) is 13.1. The normalized spacial score (nSPS) is 20.1. The number of carbonyl (C=O) groups excluding carboxylic acids is 1. The number of amides is 1. The maximum Gasteiger partial charge on any atom is 0.306 e. The van der Waals surface area contributed by atoms with E-state index in [0.29, 0.717) is 30.8 Å². The molecule has 24 heavy (non-hydrogen) atoms. The molecular formula is C16H17FN4O3. The Labute approximate surface area is 137 Å². The lowest BCUT2D eigenvalue weighted by molar-refractivity contribution is -0.141. The first-order valence-electron chi connectivity index (χ1n) is 7.67. The third kappa shape index (κ3) is 3.27. The van der Waals surface area contributed by atoms with E-state index in [-0.39, 0.29) is 17.7 Å². The molecule has 8 heteroatoms. The maximum atomic E-state index is 13.0. The third-order valence-corrected chi connectivity index (χ3v) is 4.16. The smallest absolute Gasteiger partial charge is 0.306 e. The number of hydrogen-bond donors (Lipinski definition) is 2. The summed E-state index contributed by atoms with van der Waals surface area (Å²) in [5.74, 6) is -1.53. The van der Waals surface area contributed by atoms with Gasteiger partial charge >= 0.3 is 5.97 Å². The molecule has 0 bridgehead atoms. The van der Waals surface area contributed by atoms with Gasteiger partial charge in [0.1, 0.15) is 11.6 Å². The lowest BCUT2D eigenvalue weighted by Gasteiger charge is -2.10. The third-order valence-electron chi connectivity index (χ3n) is 4.16. The first-order chi connectivity index (χ1) is 11.4. The average molecular weight is 332 g/mol. The highest BCUT2D eigenvalue weighted by Crippen LogP contribution is 2.25. The lowest BCUT2D eigenvalue weighted by Crippen LogP contribution is -2.34. The van der Waals surface area contributed by atoms with Crippen LogP contribution >= 0.6 is 0 Å². The molecule has 0 aliphatic heterocycles. The van der Waals surface area contributed by atoms with E-state index in [2.05, 4.69) is 15.4 Å². The van der Waals surface area contributed by atoms with Gasteiger partial charge in [0.25, 0.3) is 5.91 Å². The van der Waals surface area contributed by atoms with Crippen molar-refractivity contribution >= 4 is 11.9 Å². The number of carboxylic acid groups (broad SMARTS) is 1. The maximum absolute atomic E-state index is 13.0. The number of nitrogens with zero attached hydrogens (tertiary/aromatic N) is 3.